The first-order chi connectivity index (χ1) is 8.50. The van der Waals surface area contributed by atoms with Gasteiger partial charge in [0.25, 0.3) is 0 Å². The molecule has 0 aliphatic carbocycles. The van der Waals surface area contributed by atoms with Crippen LogP contribution in [0.1, 0.15) is 18.5 Å². The molecule has 1 saturated heterocycles. The summed E-state index contributed by atoms with van der Waals surface area (Å²) in [6, 6.07) is 0. The fourth-order valence-corrected chi connectivity index (χ4v) is 2.98. The second-order valence-corrected chi connectivity index (χ2v) is 5.29. The maximum atomic E-state index is 12.5. The van der Waals surface area contributed by atoms with Crippen LogP contribution in [0, 0.1) is 5.92 Å². The molecule has 0 amide bonds. The number of halogens is 3. The van der Waals surface area contributed by atoms with E-state index in [2.05, 4.69) is 10.3 Å². The van der Waals surface area contributed by atoms with Crippen LogP contribution in [0.15, 0.2) is 5.38 Å². The topological polar surface area (TPSA) is 28.2 Å². The molecule has 0 saturated carbocycles. The molecular formula is C11H16F3N3S. The van der Waals surface area contributed by atoms with Crippen molar-refractivity contribution in [3.63, 3.8) is 0 Å². The van der Waals surface area contributed by atoms with Crippen LogP contribution >= 0.6 is 11.3 Å². The van der Waals surface area contributed by atoms with Gasteiger partial charge in [-0.15, -0.1) is 11.3 Å². The van der Waals surface area contributed by atoms with Crippen LogP contribution in [-0.2, 0) is 6.54 Å². The molecule has 102 valence electrons. The first-order valence-corrected chi connectivity index (χ1v) is 6.79. The number of piperidine rings is 1. The van der Waals surface area contributed by atoms with E-state index in [9.17, 15) is 13.2 Å². The van der Waals surface area contributed by atoms with Crippen LogP contribution in [0.2, 0.25) is 0 Å². The largest absolute Gasteiger partial charge is 0.391 e. The lowest BCUT2D eigenvalue weighted by atomic mass is 9.97. The molecule has 2 heterocycles. The number of thiazole rings is 1. The Bertz CT molecular complexity index is 383. The normalized spacial score (nSPS) is 18.3. The summed E-state index contributed by atoms with van der Waals surface area (Å²) in [6.07, 6.45) is -3.71. The Morgan fingerprint density at radius 2 is 2.11 bits per heavy atom. The fourth-order valence-electron chi connectivity index (χ4n) is 2.10. The minimum atomic E-state index is -4.05. The zero-order valence-electron chi connectivity index (χ0n) is 10.1. The third kappa shape index (κ3) is 3.14. The molecule has 0 unspecified atom stereocenters. The molecule has 1 aromatic rings. The van der Waals surface area contributed by atoms with E-state index in [1.807, 2.05) is 17.3 Å². The summed E-state index contributed by atoms with van der Waals surface area (Å²) in [5.41, 5.74) is 0.940. The van der Waals surface area contributed by atoms with Crippen LogP contribution in [0.5, 0.6) is 0 Å². The number of alkyl halides is 3. The quantitative estimate of drug-likeness (QED) is 0.922. The first-order valence-electron chi connectivity index (χ1n) is 5.91. The van der Waals surface area contributed by atoms with E-state index in [1.165, 1.54) is 11.3 Å². The average molecular weight is 279 g/mol. The molecule has 3 nitrogen and oxygen atoms in total. The monoisotopic (exact) mass is 279 g/mol. The van der Waals surface area contributed by atoms with Gasteiger partial charge < -0.3 is 10.2 Å². The van der Waals surface area contributed by atoms with Gasteiger partial charge in [-0.1, -0.05) is 0 Å². The Balaban J connectivity index is 1.92. The Labute approximate surface area is 108 Å². The van der Waals surface area contributed by atoms with Gasteiger partial charge in [-0.3, -0.25) is 0 Å². The van der Waals surface area contributed by atoms with Crippen molar-refractivity contribution in [1.29, 1.82) is 0 Å². The standard InChI is InChI=1S/C11H16F3N3S/c1-15-6-9-7-18-10(16-9)17-4-2-8(3-5-17)11(12,13)14/h7-8,15H,2-6H2,1H3. The molecule has 0 atom stereocenters. The van der Waals surface area contributed by atoms with Gasteiger partial charge in [0.05, 0.1) is 11.6 Å². The summed E-state index contributed by atoms with van der Waals surface area (Å²) in [7, 11) is 1.84. The summed E-state index contributed by atoms with van der Waals surface area (Å²) in [6.45, 7) is 1.57. The number of nitrogens with one attached hydrogen (secondary N) is 1. The van der Waals surface area contributed by atoms with Gasteiger partial charge in [-0.25, -0.2) is 4.98 Å². The van der Waals surface area contributed by atoms with Gasteiger partial charge in [0.1, 0.15) is 0 Å². The molecule has 1 aliphatic heterocycles. The van der Waals surface area contributed by atoms with E-state index in [4.69, 9.17) is 0 Å². The van der Waals surface area contributed by atoms with Gasteiger partial charge in [0, 0.05) is 25.0 Å². The van der Waals surface area contributed by atoms with E-state index in [1.54, 1.807) is 0 Å². The summed E-state index contributed by atoms with van der Waals surface area (Å²) in [4.78, 5) is 6.36. The molecule has 0 bridgehead atoms. The van der Waals surface area contributed by atoms with Crippen LogP contribution < -0.4 is 10.2 Å². The number of aromatic nitrogens is 1. The number of hydrogen-bond acceptors (Lipinski definition) is 4. The molecular weight excluding hydrogens is 263 g/mol. The molecule has 2 rings (SSSR count). The van der Waals surface area contributed by atoms with E-state index in [0.29, 0.717) is 19.6 Å². The maximum absolute atomic E-state index is 12.5. The van der Waals surface area contributed by atoms with E-state index in [-0.39, 0.29) is 12.8 Å². The van der Waals surface area contributed by atoms with Crippen molar-refractivity contribution < 1.29 is 13.2 Å². The number of rotatable bonds is 3. The lowest BCUT2D eigenvalue weighted by Crippen LogP contribution is -2.39. The lowest BCUT2D eigenvalue weighted by Gasteiger charge is -2.32. The van der Waals surface area contributed by atoms with Crippen molar-refractivity contribution in [2.24, 2.45) is 5.92 Å². The third-order valence-electron chi connectivity index (χ3n) is 3.13. The van der Waals surface area contributed by atoms with Crippen molar-refractivity contribution in [1.82, 2.24) is 10.3 Å². The maximum Gasteiger partial charge on any atom is 0.391 e. The highest BCUT2D eigenvalue weighted by molar-refractivity contribution is 7.13. The zero-order chi connectivity index (χ0) is 13.2. The van der Waals surface area contributed by atoms with Crippen LogP contribution in [0.25, 0.3) is 0 Å². The lowest BCUT2D eigenvalue weighted by molar-refractivity contribution is -0.179. The third-order valence-corrected chi connectivity index (χ3v) is 4.08. The van der Waals surface area contributed by atoms with Gasteiger partial charge in [-0.05, 0) is 19.9 Å². The van der Waals surface area contributed by atoms with Gasteiger partial charge in [0.15, 0.2) is 5.13 Å². The predicted molar refractivity (Wildman–Crippen MR) is 65.9 cm³/mol. The van der Waals surface area contributed by atoms with E-state index in [0.717, 1.165) is 10.8 Å². The summed E-state index contributed by atoms with van der Waals surface area (Å²) >= 11 is 1.50. The van der Waals surface area contributed by atoms with Gasteiger partial charge >= 0.3 is 6.18 Å². The summed E-state index contributed by atoms with van der Waals surface area (Å²) in [5.74, 6) is -1.15. The molecule has 18 heavy (non-hydrogen) atoms. The van der Waals surface area contributed by atoms with Gasteiger partial charge in [-0.2, -0.15) is 13.2 Å². The molecule has 0 spiro atoms. The number of nitrogens with zero attached hydrogens (tertiary/aromatic N) is 2. The van der Waals surface area contributed by atoms with E-state index < -0.39 is 12.1 Å². The van der Waals surface area contributed by atoms with Gasteiger partial charge in [0.2, 0.25) is 0 Å². The SMILES string of the molecule is CNCc1csc(N2CCC(C(F)(F)F)CC2)n1. The minimum absolute atomic E-state index is 0.171. The molecule has 0 radical (unpaired) electrons. The first kappa shape index (κ1) is 13.6. The molecule has 7 heteroatoms. The van der Waals surface area contributed by atoms with E-state index >= 15 is 0 Å². The Morgan fingerprint density at radius 3 is 2.67 bits per heavy atom. The zero-order valence-corrected chi connectivity index (χ0v) is 10.9. The van der Waals surface area contributed by atoms with Crippen LogP contribution in [0.4, 0.5) is 18.3 Å². The van der Waals surface area contributed by atoms with Crippen molar-refractivity contribution >= 4 is 16.5 Å². The Kier molecular flexibility index (Phi) is 4.11. The van der Waals surface area contributed by atoms with Crippen molar-refractivity contribution in [2.75, 3.05) is 25.0 Å². The second-order valence-electron chi connectivity index (χ2n) is 4.45. The highest BCUT2D eigenvalue weighted by Crippen LogP contribution is 2.35. The predicted octanol–water partition coefficient (Wildman–Crippen LogP) is 2.64. The summed E-state index contributed by atoms with van der Waals surface area (Å²) in [5, 5.41) is 5.78. The molecule has 0 aromatic carbocycles. The Hall–Kier alpha value is -0.820. The fraction of sp³-hybridized carbons (Fsp3) is 0.727. The molecule has 1 N–H and O–H groups in total. The van der Waals surface area contributed by atoms with Crippen molar-refractivity contribution in [2.45, 2.75) is 25.6 Å². The van der Waals surface area contributed by atoms with Crippen LogP contribution in [0.3, 0.4) is 0 Å². The Morgan fingerprint density at radius 1 is 1.44 bits per heavy atom. The van der Waals surface area contributed by atoms with Crippen molar-refractivity contribution in [3.05, 3.63) is 11.1 Å². The average Bonchev–Trinajstić information content (AvgIpc) is 2.77. The summed E-state index contributed by atoms with van der Waals surface area (Å²) < 4.78 is 37.6. The van der Waals surface area contributed by atoms with Crippen LogP contribution in [-0.4, -0.2) is 31.3 Å². The highest BCUT2D eigenvalue weighted by Gasteiger charge is 2.41. The van der Waals surface area contributed by atoms with Crippen molar-refractivity contribution in [3.8, 4) is 0 Å². The molecule has 1 aromatic heterocycles. The smallest absolute Gasteiger partial charge is 0.348 e. The molecule has 1 fully saturated rings. The second kappa shape index (κ2) is 5.44. The number of anilines is 1. The highest BCUT2D eigenvalue weighted by atomic mass is 32.1. The minimum Gasteiger partial charge on any atom is -0.348 e. The molecule has 1 aliphatic rings. The number of hydrogen-bond donors (Lipinski definition) is 1.